The number of hydrogen-bond donors (Lipinski definition) is 1. The van der Waals surface area contributed by atoms with Crippen molar-refractivity contribution in [3.8, 4) is 11.1 Å². The molecule has 0 atom stereocenters. The van der Waals surface area contributed by atoms with Crippen LogP contribution in [0.1, 0.15) is 48.2 Å². The van der Waals surface area contributed by atoms with Crippen molar-refractivity contribution in [1.29, 1.82) is 0 Å². The maximum Gasteiger partial charge on any atom is 0.338 e. The molecule has 0 aliphatic heterocycles. The van der Waals surface area contributed by atoms with Gasteiger partial charge in [0.2, 0.25) is 0 Å². The molecule has 0 saturated heterocycles. The summed E-state index contributed by atoms with van der Waals surface area (Å²) in [5.41, 5.74) is 5.28. The van der Waals surface area contributed by atoms with Gasteiger partial charge in [0.05, 0.1) is 12.2 Å². The van der Waals surface area contributed by atoms with Gasteiger partial charge in [0.1, 0.15) is 0 Å². The molecule has 0 radical (unpaired) electrons. The zero-order valence-corrected chi connectivity index (χ0v) is 15.1. The fourth-order valence-corrected chi connectivity index (χ4v) is 2.39. The van der Waals surface area contributed by atoms with Crippen molar-refractivity contribution in [2.24, 2.45) is 0 Å². The van der Waals surface area contributed by atoms with E-state index >= 15 is 0 Å². The Balaban J connectivity index is 0.00000139. The molecule has 0 bridgehead atoms. The number of benzene rings is 2. The van der Waals surface area contributed by atoms with Crippen LogP contribution in [0.25, 0.3) is 11.1 Å². The van der Waals surface area contributed by atoms with Gasteiger partial charge in [-0.2, -0.15) is 0 Å². The minimum Gasteiger partial charge on any atom is -0.462 e. The summed E-state index contributed by atoms with van der Waals surface area (Å²) in [6.45, 7) is 8.64. The van der Waals surface area contributed by atoms with Crippen molar-refractivity contribution in [3.63, 3.8) is 0 Å². The molecule has 3 heteroatoms. The van der Waals surface area contributed by atoms with Crippen LogP contribution in [0.2, 0.25) is 0 Å². The summed E-state index contributed by atoms with van der Waals surface area (Å²) in [5.74, 6) is -0.315. The van der Waals surface area contributed by atoms with E-state index in [1.807, 2.05) is 26.0 Å². The zero-order valence-electron chi connectivity index (χ0n) is 15.1. The second kappa shape index (κ2) is 10.6. The number of aliphatic hydroxyl groups excluding tert-OH is 1. The molecule has 0 saturated carbocycles. The number of hydrogen-bond acceptors (Lipinski definition) is 3. The molecule has 2 aromatic carbocycles. The van der Waals surface area contributed by atoms with Crippen LogP contribution in [0.5, 0.6) is 0 Å². The zero-order chi connectivity index (χ0) is 17.9. The Kier molecular flexibility index (Phi) is 8.80. The van der Waals surface area contributed by atoms with Crippen LogP contribution in [-0.4, -0.2) is 24.3 Å². The number of rotatable bonds is 6. The maximum absolute atomic E-state index is 11.9. The molecule has 0 heterocycles. The molecule has 2 rings (SSSR count). The lowest BCUT2D eigenvalue weighted by atomic mass is 9.98. The SMILES string of the molecule is CC.Cc1ccc(-c2ccc(C(=O)OCCCCO)cc2)c(C)c1. The number of unbranched alkanes of at least 4 members (excludes halogenated alkanes) is 1. The van der Waals surface area contributed by atoms with Crippen molar-refractivity contribution in [3.05, 3.63) is 59.2 Å². The van der Waals surface area contributed by atoms with Gasteiger partial charge in [0.15, 0.2) is 0 Å². The summed E-state index contributed by atoms with van der Waals surface area (Å²) in [7, 11) is 0. The number of aryl methyl sites for hydroxylation is 2. The average Bonchev–Trinajstić information content (AvgIpc) is 2.60. The largest absolute Gasteiger partial charge is 0.462 e. The first kappa shape index (κ1) is 19.9. The Morgan fingerprint density at radius 3 is 2.25 bits per heavy atom. The number of esters is 1. The molecule has 24 heavy (non-hydrogen) atoms. The molecule has 2 aromatic rings. The van der Waals surface area contributed by atoms with E-state index in [0.717, 1.165) is 5.56 Å². The summed E-state index contributed by atoms with van der Waals surface area (Å²) in [6, 6.07) is 13.8. The highest BCUT2D eigenvalue weighted by molar-refractivity contribution is 5.90. The van der Waals surface area contributed by atoms with Crippen LogP contribution >= 0.6 is 0 Å². The molecule has 0 fully saturated rings. The normalized spacial score (nSPS) is 9.88. The van der Waals surface area contributed by atoms with Crippen LogP contribution in [0, 0.1) is 13.8 Å². The highest BCUT2D eigenvalue weighted by atomic mass is 16.5. The third kappa shape index (κ3) is 5.82. The molecule has 3 nitrogen and oxygen atoms in total. The van der Waals surface area contributed by atoms with Gasteiger partial charge < -0.3 is 9.84 Å². The highest BCUT2D eigenvalue weighted by Crippen LogP contribution is 2.24. The standard InChI is InChI=1S/C19H22O3.C2H6/c1-14-5-10-18(15(2)13-14)16-6-8-17(9-7-16)19(21)22-12-4-3-11-20;1-2/h5-10,13,20H,3-4,11-12H2,1-2H3;1-2H3. The summed E-state index contributed by atoms with van der Waals surface area (Å²) < 4.78 is 5.17. The summed E-state index contributed by atoms with van der Waals surface area (Å²) in [5, 5.41) is 8.69. The number of carbonyl (C=O) groups is 1. The quantitative estimate of drug-likeness (QED) is 0.604. The van der Waals surface area contributed by atoms with Crippen LogP contribution in [-0.2, 0) is 4.74 Å². The van der Waals surface area contributed by atoms with Crippen molar-refractivity contribution in [1.82, 2.24) is 0 Å². The van der Waals surface area contributed by atoms with Crippen molar-refractivity contribution >= 4 is 5.97 Å². The van der Waals surface area contributed by atoms with Crippen molar-refractivity contribution < 1.29 is 14.6 Å². The Morgan fingerprint density at radius 1 is 1.00 bits per heavy atom. The Hall–Kier alpha value is -2.13. The van der Waals surface area contributed by atoms with E-state index < -0.39 is 0 Å². The van der Waals surface area contributed by atoms with E-state index in [2.05, 4.69) is 32.0 Å². The van der Waals surface area contributed by atoms with Crippen molar-refractivity contribution in [2.75, 3.05) is 13.2 Å². The third-order valence-electron chi connectivity index (χ3n) is 3.60. The highest BCUT2D eigenvalue weighted by Gasteiger charge is 2.08. The summed E-state index contributed by atoms with van der Waals surface area (Å²) in [6.07, 6.45) is 1.34. The van der Waals surface area contributed by atoms with Gasteiger partial charge in [-0.25, -0.2) is 4.79 Å². The van der Waals surface area contributed by atoms with Crippen LogP contribution < -0.4 is 0 Å². The molecule has 0 aromatic heterocycles. The lowest BCUT2D eigenvalue weighted by Gasteiger charge is -2.08. The second-order valence-electron chi connectivity index (χ2n) is 5.46. The van der Waals surface area contributed by atoms with Crippen LogP contribution in [0.3, 0.4) is 0 Å². The Bertz CT molecular complexity index is 630. The second-order valence-corrected chi connectivity index (χ2v) is 5.46. The Labute approximate surface area is 145 Å². The fraction of sp³-hybridized carbons (Fsp3) is 0.381. The van der Waals surface area contributed by atoms with E-state index in [1.54, 1.807) is 12.1 Å². The van der Waals surface area contributed by atoms with Crippen molar-refractivity contribution in [2.45, 2.75) is 40.5 Å². The number of aliphatic hydroxyl groups is 1. The predicted molar refractivity (Wildman–Crippen MR) is 99.3 cm³/mol. The van der Waals surface area contributed by atoms with E-state index in [0.29, 0.717) is 25.0 Å². The van der Waals surface area contributed by atoms with Gasteiger partial charge in [-0.15, -0.1) is 0 Å². The molecule has 0 amide bonds. The lowest BCUT2D eigenvalue weighted by molar-refractivity contribution is 0.0492. The molecular weight excluding hydrogens is 300 g/mol. The fourth-order valence-electron chi connectivity index (χ4n) is 2.39. The molecular formula is C21H28O3. The van der Waals surface area contributed by atoms with Gasteiger partial charge in [-0.1, -0.05) is 49.7 Å². The van der Waals surface area contributed by atoms with E-state index in [1.165, 1.54) is 16.7 Å². The average molecular weight is 328 g/mol. The molecule has 0 unspecified atom stereocenters. The van der Waals surface area contributed by atoms with Crippen LogP contribution in [0.15, 0.2) is 42.5 Å². The molecule has 1 N–H and O–H groups in total. The van der Waals surface area contributed by atoms with Crippen LogP contribution in [0.4, 0.5) is 0 Å². The first-order valence-electron chi connectivity index (χ1n) is 8.57. The first-order chi connectivity index (χ1) is 11.6. The van der Waals surface area contributed by atoms with E-state index in [-0.39, 0.29) is 12.6 Å². The minimum atomic E-state index is -0.315. The topological polar surface area (TPSA) is 46.5 Å². The van der Waals surface area contributed by atoms with E-state index in [9.17, 15) is 4.79 Å². The first-order valence-corrected chi connectivity index (χ1v) is 8.57. The maximum atomic E-state index is 11.9. The molecule has 130 valence electrons. The van der Waals surface area contributed by atoms with Gasteiger partial charge in [0, 0.05) is 6.61 Å². The lowest BCUT2D eigenvalue weighted by Crippen LogP contribution is -2.06. The van der Waals surface area contributed by atoms with E-state index in [4.69, 9.17) is 9.84 Å². The summed E-state index contributed by atoms with van der Waals surface area (Å²) in [4.78, 5) is 11.9. The summed E-state index contributed by atoms with van der Waals surface area (Å²) >= 11 is 0. The number of carbonyl (C=O) groups excluding carboxylic acids is 1. The van der Waals surface area contributed by atoms with Gasteiger partial charge in [-0.3, -0.25) is 0 Å². The Morgan fingerprint density at radius 2 is 1.67 bits per heavy atom. The number of ether oxygens (including phenoxy) is 1. The predicted octanol–water partition coefficient (Wildman–Crippen LogP) is 4.93. The third-order valence-corrected chi connectivity index (χ3v) is 3.60. The monoisotopic (exact) mass is 328 g/mol. The molecule has 0 spiro atoms. The smallest absolute Gasteiger partial charge is 0.338 e. The van der Waals surface area contributed by atoms with Gasteiger partial charge in [-0.05, 0) is 55.5 Å². The molecule has 0 aliphatic carbocycles. The van der Waals surface area contributed by atoms with Gasteiger partial charge in [0.25, 0.3) is 0 Å². The minimum absolute atomic E-state index is 0.127. The molecule has 0 aliphatic rings. The van der Waals surface area contributed by atoms with Gasteiger partial charge >= 0.3 is 5.97 Å².